The molecule has 1 heterocycles. The monoisotopic (exact) mass is 323 g/mol. The molecule has 116 valence electrons. The topological polar surface area (TPSA) is 82.0 Å². The van der Waals surface area contributed by atoms with Gasteiger partial charge in [0, 0.05) is 17.7 Å². The van der Waals surface area contributed by atoms with Crippen LogP contribution in [-0.4, -0.2) is 17.3 Å². The lowest BCUT2D eigenvalue weighted by Gasteiger charge is -1.99. The Hall–Kier alpha value is -2.50. The van der Waals surface area contributed by atoms with Gasteiger partial charge in [0.2, 0.25) is 0 Å². The molecule has 0 aliphatic heterocycles. The number of carbonyl (C=O) groups excluding carboxylic acids is 1. The summed E-state index contributed by atoms with van der Waals surface area (Å²) < 4.78 is 1.00. The van der Waals surface area contributed by atoms with E-state index in [-0.39, 0.29) is 5.78 Å². The highest BCUT2D eigenvalue weighted by atomic mass is 32.1. The number of fused-ring (bicyclic) bond motifs is 1. The normalized spacial score (nSPS) is 11.3. The van der Waals surface area contributed by atoms with Gasteiger partial charge in [-0.15, -0.1) is 11.3 Å². The van der Waals surface area contributed by atoms with E-state index in [1.165, 1.54) is 0 Å². The first kappa shape index (κ1) is 15.4. The molecule has 4 N–H and O–H groups in total. The van der Waals surface area contributed by atoms with Gasteiger partial charge in [-0.3, -0.25) is 4.79 Å². The van der Waals surface area contributed by atoms with E-state index in [2.05, 4.69) is 4.98 Å². The molecule has 0 saturated carbocycles. The van der Waals surface area contributed by atoms with Crippen molar-refractivity contribution in [1.82, 2.24) is 4.98 Å². The number of Topliss-reactive ketones (excluding diaryl/α,β-unsaturated/α-hetero) is 1. The number of rotatable bonds is 5. The van der Waals surface area contributed by atoms with Crippen molar-refractivity contribution in [3.05, 3.63) is 58.6 Å². The predicted molar refractivity (Wildman–Crippen MR) is 97.4 cm³/mol. The fourth-order valence-corrected chi connectivity index (χ4v) is 3.20. The molecule has 3 rings (SSSR count). The number of aromatic nitrogens is 1. The number of anilines is 1. The zero-order chi connectivity index (χ0) is 16.2. The van der Waals surface area contributed by atoms with Crippen LogP contribution in [0.15, 0.2) is 42.5 Å². The maximum atomic E-state index is 12.1. The first-order valence-corrected chi connectivity index (χ1v) is 8.15. The van der Waals surface area contributed by atoms with Crippen LogP contribution in [0, 0.1) is 0 Å². The first-order chi connectivity index (χ1) is 11.2. The molecule has 0 aliphatic carbocycles. The van der Waals surface area contributed by atoms with Crippen LogP contribution in [0.1, 0.15) is 27.3 Å². The van der Waals surface area contributed by atoms with Gasteiger partial charge in [0.05, 0.1) is 10.2 Å². The molecule has 0 radical (unpaired) electrons. The van der Waals surface area contributed by atoms with Crippen molar-refractivity contribution >= 4 is 45.2 Å². The van der Waals surface area contributed by atoms with Gasteiger partial charge in [-0.1, -0.05) is 24.3 Å². The molecule has 1 aromatic heterocycles. The van der Waals surface area contributed by atoms with Crippen molar-refractivity contribution in [3.8, 4) is 0 Å². The molecule has 5 heteroatoms. The Morgan fingerprint density at radius 3 is 2.65 bits per heavy atom. The molecule has 0 fully saturated rings. The minimum atomic E-state index is 0.0393. The van der Waals surface area contributed by atoms with Crippen LogP contribution in [0.3, 0.4) is 0 Å². The number of nitrogens with zero attached hydrogens (tertiary/aromatic N) is 1. The fourth-order valence-electron chi connectivity index (χ4n) is 2.30. The SMILES string of the molecule is NCCC(=O)c1cccc2sc(C=Cc3ccc(N)cc3)nc12. The molecule has 2 aromatic carbocycles. The van der Waals surface area contributed by atoms with E-state index >= 15 is 0 Å². The van der Waals surface area contributed by atoms with Gasteiger partial charge in [-0.2, -0.15) is 0 Å². The highest BCUT2D eigenvalue weighted by Crippen LogP contribution is 2.27. The molecule has 0 aliphatic rings. The van der Waals surface area contributed by atoms with E-state index in [9.17, 15) is 4.79 Å². The lowest BCUT2D eigenvalue weighted by atomic mass is 10.1. The van der Waals surface area contributed by atoms with Crippen molar-refractivity contribution in [2.75, 3.05) is 12.3 Å². The van der Waals surface area contributed by atoms with Crippen LogP contribution in [-0.2, 0) is 0 Å². The van der Waals surface area contributed by atoms with Crippen molar-refractivity contribution in [3.63, 3.8) is 0 Å². The van der Waals surface area contributed by atoms with Crippen LogP contribution in [0.5, 0.6) is 0 Å². The summed E-state index contributed by atoms with van der Waals surface area (Å²) >= 11 is 1.56. The van der Waals surface area contributed by atoms with Crippen LogP contribution in [0.25, 0.3) is 22.4 Å². The first-order valence-electron chi connectivity index (χ1n) is 7.34. The second kappa shape index (κ2) is 6.73. The Morgan fingerprint density at radius 2 is 1.91 bits per heavy atom. The number of carbonyl (C=O) groups is 1. The van der Waals surface area contributed by atoms with Crippen molar-refractivity contribution in [2.45, 2.75) is 6.42 Å². The molecular formula is C18H17N3OS. The Morgan fingerprint density at radius 1 is 1.13 bits per heavy atom. The highest BCUT2D eigenvalue weighted by Gasteiger charge is 2.12. The van der Waals surface area contributed by atoms with E-state index in [1.807, 2.05) is 54.6 Å². The quantitative estimate of drug-likeness (QED) is 0.555. The Balaban J connectivity index is 1.92. The molecule has 3 aromatic rings. The number of para-hydroxylation sites is 1. The number of thiazole rings is 1. The predicted octanol–water partition coefficient (Wildman–Crippen LogP) is 3.58. The number of hydrogen-bond donors (Lipinski definition) is 2. The third-order valence-electron chi connectivity index (χ3n) is 3.46. The molecule has 4 nitrogen and oxygen atoms in total. The summed E-state index contributed by atoms with van der Waals surface area (Å²) in [4.78, 5) is 16.7. The second-order valence-electron chi connectivity index (χ2n) is 5.17. The largest absolute Gasteiger partial charge is 0.399 e. The summed E-state index contributed by atoms with van der Waals surface area (Å²) in [5.41, 5.74) is 14.4. The van der Waals surface area contributed by atoms with E-state index in [1.54, 1.807) is 11.3 Å². The zero-order valence-corrected chi connectivity index (χ0v) is 13.3. The van der Waals surface area contributed by atoms with E-state index in [0.29, 0.717) is 18.5 Å². The maximum absolute atomic E-state index is 12.1. The van der Waals surface area contributed by atoms with Crippen molar-refractivity contribution in [1.29, 1.82) is 0 Å². The number of nitrogens with two attached hydrogens (primary N) is 2. The van der Waals surface area contributed by atoms with Gasteiger partial charge in [0.25, 0.3) is 0 Å². The Kier molecular flexibility index (Phi) is 4.50. The van der Waals surface area contributed by atoms with Crippen molar-refractivity contribution in [2.24, 2.45) is 5.73 Å². The molecule has 0 atom stereocenters. The number of ketones is 1. The van der Waals surface area contributed by atoms with Gasteiger partial charge in [0.1, 0.15) is 5.01 Å². The standard InChI is InChI=1S/C18H17N3OS/c19-11-10-15(22)14-2-1-3-16-18(14)21-17(23-16)9-6-12-4-7-13(20)8-5-12/h1-9H,10-11,19-20H2. The summed E-state index contributed by atoms with van der Waals surface area (Å²) in [6.45, 7) is 0.350. The molecule has 0 unspecified atom stereocenters. The molecule has 0 amide bonds. The van der Waals surface area contributed by atoms with Gasteiger partial charge in [0.15, 0.2) is 5.78 Å². The number of nitrogen functional groups attached to an aromatic ring is 1. The van der Waals surface area contributed by atoms with Gasteiger partial charge >= 0.3 is 0 Å². The molecule has 0 saturated heterocycles. The molecular weight excluding hydrogens is 306 g/mol. The lowest BCUT2D eigenvalue weighted by Crippen LogP contribution is -2.08. The van der Waals surface area contributed by atoms with E-state index in [4.69, 9.17) is 11.5 Å². The number of hydrogen-bond acceptors (Lipinski definition) is 5. The van der Waals surface area contributed by atoms with Crippen molar-refractivity contribution < 1.29 is 4.79 Å². The summed E-state index contributed by atoms with van der Waals surface area (Å²) in [7, 11) is 0. The van der Waals surface area contributed by atoms with E-state index < -0.39 is 0 Å². The molecule has 0 bridgehead atoms. The van der Waals surface area contributed by atoms with Crippen LogP contribution in [0.4, 0.5) is 5.69 Å². The second-order valence-corrected chi connectivity index (χ2v) is 6.23. The molecule has 23 heavy (non-hydrogen) atoms. The Bertz CT molecular complexity index is 866. The third kappa shape index (κ3) is 3.47. The minimum absolute atomic E-state index is 0.0393. The summed E-state index contributed by atoms with van der Waals surface area (Å²) in [5.74, 6) is 0.0393. The fraction of sp³-hybridized carbons (Fsp3) is 0.111. The summed E-state index contributed by atoms with van der Waals surface area (Å²) in [5, 5.41) is 0.866. The van der Waals surface area contributed by atoms with Gasteiger partial charge in [-0.05, 0) is 42.4 Å². The summed E-state index contributed by atoms with van der Waals surface area (Å²) in [6.07, 6.45) is 4.28. The lowest BCUT2D eigenvalue weighted by molar-refractivity contribution is 0.0987. The van der Waals surface area contributed by atoms with E-state index in [0.717, 1.165) is 26.5 Å². The number of benzene rings is 2. The zero-order valence-electron chi connectivity index (χ0n) is 12.5. The average molecular weight is 323 g/mol. The summed E-state index contributed by atoms with van der Waals surface area (Å²) in [6, 6.07) is 13.3. The van der Waals surface area contributed by atoms with Gasteiger partial charge in [-0.25, -0.2) is 4.98 Å². The Labute approximate surface area is 138 Å². The van der Waals surface area contributed by atoms with Crippen LogP contribution in [0.2, 0.25) is 0 Å². The maximum Gasteiger partial charge on any atom is 0.166 e. The van der Waals surface area contributed by atoms with Crippen LogP contribution >= 0.6 is 11.3 Å². The highest BCUT2D eigenvalue weighted by molar-refractivity contribution is 7.19. The minimum Gasteiger partial charge on any atom is -0.399 e. The van der Waals surface area contributed by atoms with Gasteiger partial charge < -0.3 is 11.5 Å². The molecule has 0 spiro atoms. The third-order valence-corrected chi connectivity index (χ3v) is 4.45. The average Bonchev–Trinajstić information content (AvgIpc) is 2.97. The smallest absolute Gasteiger partial charge is 0.166 e. The van der Waals surface area contributed by atoms with Crippen LogP contribution < -0.4 is 11.5 Å².